The molecule has 27 heavy (non-hydrogen) atoms. The molecule has 0 aromatic rings. The van der Waals surface area contributed by atoms with Crippen molar-refractivity contribution in [2.24, 2.45) is 0 Å². The first-order valence-electron chi connectivity index (χ1n) is 9.74. The highest BCUT2D eigenvalue weighted by atomic mass is 16.6. The number of carbonyl (C=O) groups is 1. The van der Waals surface area contributed by atoms with E-state index in [0.717, 1.165) is 0 Å². The van der Waals surface area contributed by atoms with E-state index < -0.39 is 35.5 Å². The molecule has 1 saturated heterocycles. The monoisotopic (exact) mass is 388 g/mol. The zero-order valence-corrected chi connectivity index (χ0v) is 17.4. The minimum absolute atomic E-state index is 0.0290. The fourth-order valence-corrected chi connectivity index (χ4v) is 4.02. The Balaban J connectivity index is 2.02. The van der Waals surface area contributed by atoms with Crippen LogP contribution in [0.3, 0.4) is 0 Å². The van der Waals surface area contributed by atoms with Crippen molar-refractivity contribution in [2.75, 3.05) is 26.7 Å². The van der Waals surface area contributed by atoms with Crippen molar-refractivity contribution in [2.45, 2.75) is 89.1 Å². The maximum absolute atomic E-state index is 12.3. The van der Waals surface area contributed by atoms with Gasteiger partial charge in [-0.3, -0.25) is 4.90 Å². The second-order valence-corrected chi connectivity index (χ2v) is 9.19. The van der Waals surface area contributed by atoms with Crippen LogP contribution in [0.15, 0.2) is 0 Å². The molecule has 8 heteroatoms. The van der Waals surface area contributed by atoms with E-state index in [1.807, 2.05) is 18.7 Å². The molecule has 1 aliphatic carbocycles. The number of carbonyl (C=O) groups excluding carboxylic acids is 1. The zero-order valence-electron chi connectivity index (χ0n) is 17.4. The first-order chi connectivity index (χ1) is 12.3. The number of nitrogens with zero attached hydrogens (tertiary/aromatic N) is 2. The minimum Gasteiger partial charge on any atom is -0.444 e. The molecule has 1 aliphatic heterocycles. The Morgan fingerprint density at radius 1 is 1.19 bits per heavy atom. The maximum atomic E-state index is 12.3. The van der Waals surface area contributed by atoms with Gasteiger partial charge in [0.05, 0.1) is 24.4 Å². The Bertz CT molecular complexity index is 501. The molecule has 2 fully saturated rings. The van der Waals surface area contributed by atoms with Gasteiger partial charge in [0.1, 0.15) is 11.2 Å². The van der Waals surface area contributed by atoms with Gasteiger partial charge >= 0.3 is 6.09 Å². The van der Waals surface area contributed by atoms with Crippen molar-refractivity contribution in [3.8, 4) is 0 Å². The van der Waals surface area contributed by atoms with Crippen molar-refractivity contribution in [3.63, 3.8) is 0 Å². The molecule has 6 atom stereocenters. The molecule has 2 unspecified atom stereocenters. The summed E-state index contributed by atoms with van der Waals surface area (Å²) in [6.45, 7) is 10.7. The van der Waals surface area contributed by atoms with Crippen LogP contribution in [-0.4, -0.2) is 99.6 Å². The summed E-state index contributed by atoms with van der Waals surface area (Å²) in [7, 11) is 1.59. The molecule has 8 nitrogen and oxygen atoms in total. The van der Waals surface area contributed by atoms with E-state index in [-0.39, 0.29) is 31.6 Å². The Hall–Kier alpha value is -0.930. The van der Waals surface area contributed by atoms with Crippen LogP contribution < -0.4 is 0 Å². The predicted octanol–water partition coefficient (Wildman–Crippen LogP) is 0.578. The Morgan fingerprint density at radius 2 is 1.67 bits per heavy atom. The standard InChI is InChI=1S/C19H36N2O6/c1-12-9-21(10-13(2)26-12)11-19(25)15(22)7-14(8-16(19)23)20(6)17(24)27-18(3,4)5/h12-16,22-23,25H,7-11H2,1-6H3/t12-,13+,14?,15-,16+,19?. The number of amides is 1. The molecule has 2 rings (SSSR count). The molecule has 0 radical (unpaired) electrons. The number of hydrogen-bond donors (Lipinski definition) is 3. The average molecular weight is 389 g/mol. The van der Waals surface area contributed by atoms with Crippen LogP contribution in [0, 0.1) is 0 Å². The average Bonchev–Trinajstić information content (AvgIpc) is 2.49. The normalized spacial score (nSPS) is 38.5. The SMILES string of the molecule is C[C@@H]1CN(CC2(O)[C@H](O)CC(N(C)C(=O)OC(C)(C)C)C[C@@H]2O)C[C@H](C)O1. The summed E-state index contributed by atoms with van der Waals surface area (Å²) in [6.07, 6.45) is -2.39. The number of ether oxygens (including phenoxy) is 2. The summed E-state index contributed by atoms with van der Waals surface area (Å²) >= 11 is 0. The fourth-order valence-electron chi connectivity index (χ4n) is 4.02. The number of hydrogen-bond acceptors (Lipinski definition) is 7. The van der Waals surface area contributed by atoms with E-state index >= 15 is 0 Å². The van der Waals surface area contributed by atoms with Gasteiger partial charge < -0.3 is 29.7 Å². The van der Waals surface area contributed by atoms with Gasteiger partial charge in [0.15, 0.2) is 0 Å². The van der Waals surface area contributed by atoms with Crippen LogP contribution >= 0.6 is 0 Å². The van der Waals surface area contributed by atoms with Crippen LogP contribution in [0.2, 0.25) is 0 Å². The number of rotatable bonds is 3. The first kappa shape index (κ1) is 22.4. The Labute approximate surface area is 162 Å². The molecule has 1 heterocycles. The number of aliphatic hydroxyl groups excluding tert-OH is 2. The third-order valence-electron chi connectivity index (χ3n) is 5.35. The summed E-state index contributed by atoms with van der Waals surface area (Å²) in [5, 5.41) is 32.3. The van der Waals surface area contributed by atoms with E-state index in [1.165, 1.54) is 4.90 Å². The van der Waals surface area contributed by atoms with Gasteiger partial charge in [0.25, 0.3) is 0 Å². The minimum atomic E-state index is -1.64. The molecule has 0 bridgehead atoms. The second-order valence-electron chi connectivity index (χ2n) is 9.19. The van der Waals surface area contributed by atoms with Crippen molar-refractivity contribution in [3.05, 3.63) is 0 Å². The fraction of sp³-hybridized carbons (Fsp3) is 0.947. The molecular formula is C19H36N2O6. The van der Waals surface area contributed by atoms with Crippen molar-refractivity contribution in [1.29, 1.82) is 0 Å². The molecule has 3 N–H and O–H groups in total. The summed E-state index contributed by atoms with van der Waals surface area (Å²) < 4.78 is 11.1. The van der Waals surface area contributed by atoms with Crippen molar-refractivity contribution < 1.29 is 29.6 Å². The number of aliphatic hydroxyl groups is 3. The lowest BCUT2D eigenvalue weighted by Crippen LogP contribution is -2.66. The van der Waals surface area contributed by atoms with Gasteiger partial charge in [-0.05, 0) is 47.5 Å². The Morgan fingerprint density at radius 3 is 2.11 bits per heavy atom. The van der Waals surface area contributed by atoms with Gasteiger partial charge in [-0.1, -0.05) is 0 Å². The quantitative estimate of drug-likeness (QED) is 0.650. The van der Waals surface area contributed by atoms with Crippen LogP contribution in [0.4, 0.5) is 4.79 Å². The molecule has 1 saturated carbocycles. The van der Waals surface area contributed by atoms with Gasteiger partial charge in [-0.15, -0.1) is 0 Å². The number of morpholine rings is 1. The zero-order chi connectivity index (χ0) is 20.6. The van der Waals surface area contributed by atoms with Crippen LogP contribution in [0.5, 0.6) is 0 Å². The molecule has 0 aromatic carbocycles. The summed E-state index contributed by atoms with van der Waals surface area (Å²) in [6, 6.07) is -0.410. The lowest BCUT2D eigenvalue weighted by Gasteiger charge is -2.49. The van der Waals surface area contributed by atoms with E-state index in [1.54, 1.807) is 27.8 Å². The summed E-state index contributed by atoms with van der Waals surface area (Å²) in [4.78, 5) is 15.7. The summed E-state index contributed by atoms with van der Waals surface area (Å²) in [5.41, 5.74) is -2.26. The highest BCUT2D eigenvalue weighted by molar-refractivity contribution is 5.68. The topological polar surface area (TPSA) is 103 Å². The predicted molar refractivity (Wildman–Crippen MR) is 100 cm³/mol. The van der Waals surface area contributed by atoms with Crippen molar-refractivity contribution >= 4 is 6.09 Å². The molecule has 1 amide bonds. The van der Waals surface area contributed by atoms with Crippen LogP contribution in [0.25, 0.3) is 0 Å². The largest absolute Gasteiger partial charge is 0.444 e. The Kier molecular flexibility index (Phi) is 6.80. The highest BCUT2D eigenvalue weighted by Gasteiger charge is 2.51. The molecule has 158 valence electrons. The lowest BCUT2D eigenvalue weighted by molar-refractivity contribution is -0.196. The van der Waals surface area contributed by atoms with E-state index in [2.05, 4.69) is 0 Å². The van der Waals surface area contributed by atoms with Gasteiger partial charge in [0, 0.05) is 32.7 Å². The third-order valence-corrected chi connectivity index (χ3v) is 5.35. The highest BCUT2D eigenvalue weighted by Crippen LogP contribution is 2.33. The van der Waals surface area contributed by atoms with Gasteiger partial charge in [0.2, 0.25) is 0 Å². The smallest absolute Gasteiger partial charge is 0.410 e. The van der Waals surface area contributed by atoms with Crippen LogP contribution in [-0.2, 0) is 9.47 Å². The van der Waals surface area contributed by atoms with Gasteiger partial charge in [-0.2, -0.15) is 0 Å². The molecule has 0 aromatic heterocycles. The van der Waals surface area contributed by atoms with E-state index in [4.69, 9.17) is 9.47 Å². The van der Waals surface area contributed by atoms with Crippen LogP contribution in [0.1, 0.15) is 47.5 Å². The van der Waals surface area contributed by atoms with Gasteiger partial charge in [-0.25, -0.2) is 4.79 Å². The molecular weight excluding hydrogens is 352 g/mol. The molecule has 0 spiro atoms. The first-order valence-corrected chi connectivity index (χ1v) is 9.74. The van der Waals surface area contributed by atoms with Crippen molar-refractivity contribution in [1.82, 2.24) is 9.80 Å². The lowest BCUT2D eigenvalue weighted by atomic mass is 9.76. The third kappa shape index (κ3) is 5.54. The number of β-amino-alcohol motifs (C(OH)–C–C–N with tert-alkyl or cyclic N) is 1. The molecule has 2 aliphatic rings. The van der Waals surface area contributed by atoms with E-state index in [0.29, 0.717) is 13.1 Å². The van der Waals surface area contributed by atoms with E-state index in [9.17, 15) is 20.1 Å². The maximum Gasteiger partial charge on any atom is 0.410 e. The second kappa shape index (κ2) is 8.21. The summed E-state index contributed by atoms with van der Waals surface area (Å²) in [5.74, 6) is 0.